The summed E-state index contributed by atoms with van der Waals surface area (Å²) in [6, 6.07) is 6.20. The zero-order chi connectivity index (χ0) is 25.6. The van der Waals surface area contributed by atoms with Crippen LogP contribution in [0.25, 0.3) is 0 Å². The molecule has 2 aromatic rings. The third kappa shape index (κ3) is 6.23. The molecule has 35 heavy (non-hydrogen) atoms. The van der Waals surface area contributed by atoms with Crippen LogP contribution >= 0.6 is 0 Å². The molecular weight excluding hydrogens is 464 g/mol. The fourth-order valence-electron chi connectivity index (χ4n) is 4.42. The normalized spacial score (nSPS) is 15.1. The average Bonchev–Trinajstić information content (AvgIpc) is 3.31. The Hall–Kier alpha value is -2.43. The molecule has 9 nitrogen and oxygen atoms in total. The van der Waals surface area contributed by atoms with Crippen LogP contribution in [0.2, 0.25) is 0 Å². The standard InChI is InChI=1S/C25H40N6O3S/c1-6-28(7-2)14-10-13-26-24(32)22-19-30(8-3)27-25(22)35(33,34)31-17-15-29(16-18-31)23-12-9-11-20(4)21(23)5/h9,11-12,19H,6-8,10,13-18H2,1-5H3,(H,26,32). The van der Waals surface area contributed by atoms with Crippen molar-refractivity contribution < 1.29 is 13.2 Å². The van der Waals surface area contributed by atoms with E-state index in [0.717, 1.165) is 31.7 Å². The summed E-state index contributed by atoms with van der Waals surface area (Å²) in [5.41, 5.74) is 3.69. The topological polar surface area (TPSA) is 90.8 Å². The number of hydrogen-bond acceptors (Lipinski definition) is 6. The van der Waals surface area contributed by atoms with Crippen LogP contribution < -0.4 is 10.2 Å². The van der Waals surface area contributed by atoms with Crippen molar-refractivity contribution in [1.82, 2.24) is 24.3 Å². The van der Waals surface area contributed by atoms with Gasteiger partial charge in [-0.1, -0.05) is 26.0 Å². The second-order valence-electron chi connectivity index (χ2n) is 8.95. The Labute approximate surface area is 210 Å². The molecule has 0 radical (unpaired) electrons. The first-order valence-corrected chi connectivity index (χ1v) is 14.1. The second kappa shape index (κ2) is 12.0. The smallest absolute Gasteiger partial charge is 0.263 e. The number of piperazine rings is 1. The molecule has 1 fully saturated rings. The lowest BCUT2D eigenvalue weighted by Crippen LogP contribution is -2.49. The third-order valence-electron chi connectivity index (χ3n) is 6.87. The molecule has 1 aromatic heterocycles. The first kappa shape index (κ1) is 27.2. The number of hydrogen-bond donors (Lipinski definition) is 1. The lowest BCUT2D eigenvalue weighted by Gasteiger charge is -2.36. The number of anilines is 1. The Balaban J connectivity index is 1.70. The molecule has 10 heteroatoms. The van der Waals surface area contributed by atoms with E-state index in [1.54, 1.807) is 6.20 Å². The number of aryl methyl sites for hydroxylation is 2. The highest BCUT2D eigenvalue weighted by Crippen LogP contribution is 2.26. The number of benzene rings is 1. The minimum absolute atomic E-state index is 0.117. The Bertz CT molecular complexity index is 1100. The summed E-state index contributed by atoms with van der Waals surface area (Å²) in [5.74, 6) is -0.392. The molecule has 2 heterocycles. The largest absolute Gasteiger partial charge is 0.369 e. The highest BCUT2D eigenvalue weighted by atomic mass is 32.2. The molecule has 0 atom stereocenters. The highest BCUT2D eigenvalue weighted by molar-refractivity contribution is 7.89. The van der Waals surface area contributed by atoms with E-state index in [1.165, 1.54) is 20.1 Å². The monoisotopic (exact) mass is 504 g/mol. The van der Waals surface area contributed by atoms with E-state index in [1.807, 2.05) is 13.0 Å². The van der Waals surface area contributed by atoms with Crippen LogP contribution in [0.4, 0.5) is 5.69 Å². The Morgan fingerprint density at radius 2 is 1.77 bits per heavy atom. The Kier molecular flexibility index (Phi) is 9.32. The van der Waals surface area contributed by atoms with Crippen LogP contribution in [0.1, 0.15) is 48.7 Å². The van der Waals surface area contributed by atoms with Crippen molar-refractivity contribution in [1.29, 1.82) is 0 Å². The van der Waals surface area contributed by atoms with E-state index >= 15 is 0 Å². The molecule has 1 N–H and O–H groups in total. The van der Waals surface area contributed by atoms with Gasteiger partial charge in [-0.2, -0.15) is 9.40 Å². The molecule has 1 aromatic carbocycles. The minimum Gasteiger partial charge on any atom is -0.369 e. The van der Waals surface area contributed by atoms with Gasteiger partial charge in [-0.05, 0) is 64.0 Å². The van der Waals surface area contributed by atoms with Gasteiger partial charge < -0.3 is 15.1 Å². The van der Waals surface area contributed by atoms with E-state index in [4.69, 9.17) is 0 Å². The molecule has 0 spiro atoms. The average molecular weight is 505 g/mol. The van der Waals surface area contributed by atoms with Gasteiger partial charge >= 0.3 is 0 Å². The number of aromatic nitrogens is 2. The summed E-state index contributed by atoms with van der Waals surface area (Å²) < 4.78 is 30.1. The van der Waals surface area contributed by atoms with Gasteiger partial charge in [0, 0.05) is 51.2 Å². The summed E-state index contributed by atoms with van der Waals surface area (Å²) in [6.07, 6.45) is 2.34. The van der Waals surface area contributed by atoms with E-state index < -0.39 is 15.9 Å². The first-order valence-electron chi connectivity index (χ1n) is 12.6. The molecule has 194 valence electrons. The molecule has 1 saturated heterocycles. The Morgan fingerprint density at radius 1 is 1.09 bits per heavy atom. The molecule has 0 bridgehead atoms. The maximum atomic E-state index is 13.5. The van der Waals surface area contributed by atoms with Crippen molar-refractivity contribution in [3.8, 4) is 0 Å². The van der Waals surface area contributed by atoms with Crippen LogP contribution in [-0.2, 0) is 16.6 Å². The van der Waals surface area contributed by atoms with Crippen molar-refractivity contribution in [2.45, 2.75) is 52.6 Å². The summed E-state index contributed by atoms with van der Waals surface area (Å²) >= 11 is 0. The van der Waals surface area contributed by atoms with Crippen molar-refractivity contribution in [3.63, 3.8) is 0 Å². The number of nitrogens with one attached hydrogen (secondary N) is 1. The van der Waals surface area contributed by atoms with Crippen molar-refractivity contribution in [2.75, 3.05) is 57.3 Å². The van der Waals surface area contributed by atoms with Gasteiger partial charge in [0.2, 0.25) is 5.03 Å². The van der Waals surface area contributed by atoms with Crippen LogP contribution in [0, 0.1) is 13.8 Å². The number of carbonyl (C=O) groups excluding carboxylic acids is 1. The Morgan fingerprint density at radius 3 is 2.40 bits per heavy atom. The van der Waals surface area contributed by atoms with E-state index in [0.29, 0.717) is 39.3 Å². The lowest BCUT2D eigenvalue weighted by atomic mass is 10.1. The fourth-order valence-corrected chi connectivity index (χ4v) is 5.94. The molecule has 3 rings (SSSR count). The highest BCUT2D eigenvalue weighted by Gasteiger charge is 2.35. The summed E-state index contributed by atoms with van der Waals surface area (Å²) in [5, 5.41) is 7.02. The van der Waals surface area contributed by atoms with Gasteiger partial charge in [-0.15, -0.1) is 0 Å². The number of carbonyl (C=O) groups is 1. The second-order valence-corrected chi connectivity index (χ2v) is 10.8. The van der Waals surface area contributed by atoms with E-state index in [2.05, 4.69) is 60.0 Å². The van der Waals surface area contributed by atoms with Crippen LogP contribution in [0.5, 0.6) is 0 Å². The zero-order valence-electron chi connectivity index (χ0n) is 21.7. The molecule has 1 amide bonds. The van der Waals surface area contributed by atoms with Crippen molar-refractivity contribution >= 4 is 21.6 Å². The molecular formula is C25H40N6O3S. The maximum absolute atomic E-state index is 13.5. The fraction of sp³-hybridized carbons (Fsp3) is 0.600. The number of nitrogens with zero attached hydrogens (tertiary/aromatic N) is 5. The summed E-state index contributed by atoms with van der Waals surface area (Å²) in [7, 11) is -3.90. The van der Waals surface area contributed by atoms with Gasteiger partial charge in [-0.25, -0.2) is 8.42 Å². The quantitative estimate of drug-likeness (QED) is 0.473. The lowest BCUT2D eigenvalue weighted by molar-refractivity contribution is 0.0948. The molecule has 1 aliphatic rings. The molecule has 0 aliphatic carbocycles. The van der Waals surface area contributed by atoms with Gasteiger partial charge in [0.05, 0.1) is 5.56 Å². The SMILES string of the molecule is CCN(CC)CCCNC(=O)c1cn(CC)nc1S(=O)(=O)N1CCN(c2cccc(C)c2C)CC1. The zero-order valence-corrected chi connectivity index (χ0v) is 22.6. The maximum Gasteiger partial charge on any atom is 0.263 e. The van der Waals surface area contributed by atoms with E-state index in [-0.39, 0.29) is 10.6 Å². The minimum atomic E-state index is -3.90. The molecule has 0 saturated carbocycles. The van der Waals surface area contributed by atoms with Crippen molar-refractivity contribution in [2.24, 2.45) is 0 Å². The van der Waals surface area contributed by atoms with Crippen molar-refractivity contribution in [3.05, 3.63) is 41.1 Å². The third-order valence-corrected chi connectivity index (χ3v) is 8.70. The van der Waals surface area contributed by atoms with Gasteiger partial charge in [0.1, 0.15) is 0 Å². The summed E-state index contributed by atoms with van der Waals surface area (Å²) in [4.78, 5) is 17.5. The van der Waals surface area contributed by atoms with Gasteiger partial charge in [0.15, 0.2) is 0 Å². The van der Waals surface area contributed by atoms with Gasteiger partial charge in [0.25, 0.3) is 15.9 Å². The van der Waals surface area contributed by atoms with Crippen LogP contribution in [-0.4, -0.2) is 85.7 Å². The van der Waals surface area contributed by atoms with Crippen LogP contribution in [0.3, 0.4) is 0 Å². The van der Waals surface area contributed by atoms with Gasteiger partial charge in [-0.3, -0.25) is 9.48 Å². The van der Waals surface area contributed by atoms with Crippen LogP contribution in [0.15, 0.2) is 29.4 Å². The number of rotatable bonds is 11. The molecule has 0 unspecified atom stereocenters. The number of amides is 1. The van der Waals surface area contributed by atoms with E-state index in [9.17, 15) is 13.2 Å². The molecule has 1 aliphatic heterocycles. The first-order chi connectivity index (χ1) is 16.7. The number of sulfonamides is 1. The summed E-state index contributed by atoms with van der Waals surface area (Å²) in [6.45, 7) is 15.9. The predicted octanol–water partition coefficient (Wildman–Crippen LogP) is 2.49. The predicted molar refractivity (Wildman–Crippen MR) is 140 cm³/mol.